The van der Waals surface area contributed by atoms with Crippen LogP contribution in [0.25, 0.3) is 0 Å². The molecule has 1 unspecified atom stereocenters. The smallest absolute Gasteiger partial charge is 0.167 e. The minimum Gasteiger partial charge on any atom is -0.316 e. The van der Waals surface area contributed by atoms with Crippen molar-refractivity contribution in [1.29, 1.82) is 0 Å². The highest BCUT2D eigenvalue weighted by molar-refractivity contribution is 5.99. The van der Waals surface area contributed by atoms with E-state index < -0.39 is 0 Å². The van der Waals surface area contributed by atoms with Gasteiger partial charge in [0.05, 0.1) is 0 Å². The summed E-state index contributed by atoms with van der Waals surface area (Å²) in [4.78, 5) is 12.3. The van der Waals surface area contributed by atoms with Crippen molar-refractivity contribution in [3.05, 3.63) is 34.9 Å². The molecular weight excluding hydrogens is 198 g/mol. The van der Waals surface area contributed by atoms with E-state index >= 15 is 0 Å². The predicted octanol–water partition coefficient (Wildman–Crippen LogP) is 2.49. The first-order valence-electron chi connectivity index (χ1n) is 6.01. The normalized spacial score (nSPS) is 20.8. The summed E-state index contributed by atoms with van der Waals surface area (Å²) < 4.78 is 0. The van der Waals surface area contributed by atoms with Crippen LogP contribution in [0.1, 0.15) is 34.3 Å². The fourth-order valence-corrected chi connectivity index (χ4v) is 2.31. The fraction of sp³-hybridized carbons (Fsp3) is 0.500. The number of piperidine rings is 1. The zero-order chi connectivity index (χ0) is 11.5. The number of hydrogen-bond acceptors (Lipinski definition) is 2. The van der Waals surface area contributed by atoms with Gasteiger partial charge >= 0.3 is 0 Å². The molecule has 1 atom stereocenters. The molecule has 1 fully saturated rings. The van der Waals surface area contributed by atoms with E-state index in [1.807, 2.05) is 19.1 Å². The first kappa shape index (κ1) is 11.3. The lowest BCUT2D eigenvalue weighted by Crippen LogP contribution is -2.34. The minimum atomic E-state index is 0.175. The number of nitrogens with one attached hydrogen (secondary N) is 1. The van der Waals surface area contributed by atoms with Crippen molar-refractivity contribution in [3.63, 3.8) is 0 Å². The topological polar surface area (TPSA) is 29.1 Å². The van der Waals surface area contributed by atoms with Gasteiger partial charge in [-0.3, -0.25) is 4.79 Å². The van der Waals surface area contributed by atoms with Gasteiger partial charge in [-0.2, -0.15) is 0 Å². The summed E-state index contributed by atoms with van der Waals surface area (Å²) in [5.41, 5.74) is 3.25. The van der Waals surface area contributed by atoms with E-state index in [4.69, 9.17) is 0 Å². The number of Topliss-reactive ketones (excluding diaryl/α,β-unsaturated/α-hetero) is 1. The van der Waals surface area contributed by atoms with Crippen molar-refractivity contribution in [1.82, 2.24) is 5.32 Å². The second-order valence-electron chi connectivity index (χ2n) is 4.65. The van der Waals surface area contributed by atoms with Crippen LogP contribution in [-0.2, 0) is 0 Å². The molecule has 1 aliphatic rings. The van der Waals surface area contributed by atoms with E-state index in [2.05, 4.69) is 18.3 Å². The quantitative estimate of drug-likeness (QED) is 0.771. The maximum atomic E-state index is 12.3. The summed E-state index contributed by atoms with van der Waals surface area (Å²) >= 11 is 0. The highest BCUT2D eigenvalue weighted by Crippen LogP contribution is 2.20. The molecule has 0 spiro atoms. The van der Waals surface area contributed by atoms with Gasteiger partial charge in [0.25, 0.3) is 0 Å². The molecular formula is C14H19NO. The largest absolute Gasteiger partial charge is 0.316 e. The number of ketones is 1. The highest BCUT2D eigenvalue weighted by atomic mass is 16.1. The molecule has 2 heteroatoms. The average molecular weight is 217 g/mol. The van der Waals surface area contributed by atoms with Crippen LogP contribution >= 0.6 is 0 Å². The molecule has 16 heavy (non-hydrogen) atoms. The Morgan fingerprint density at radius 2 is 2.19 bits per heavy atom. The third-order valence-corrected chi connectivity index (χ3v) is 3.54. The number of hydrogen-bond donors (Lipinski definition) is 1. The molecule has 1 aromatic rings. The molecule has 1 N–H and O–H groups in total. The maximum Gasteiger partial charge on any atom is 0.167 e. The Hall–Kier alpha value is -1.15. The van der Waals surface area contributed by atoms with E-state index in [-0.39, 0.29) is 5.92 Å². The molecule has 1 heterocycles. The zero-order valence-electron chi connectivity index (χ0n) is 10.0. The lowest BCUT2D eigenvalue weighted by Gasteiger charge is -2.22. The molecule has 2 nitrogen and oxygen atoms in total. The highest BCUT2D eigenvalue weighted by Gasteiger charge is 2.23. The van der Waals surface area contributed by atoms with E-state index in [1.54, 1.807) is 0 Å². The van der Waals surface area contributed by atoms with E-state index in [0.29, 0.717) is 5.78 Å². The third kappa shape index (κ3) is 2.17. The van der Waals surface area contributed by atoms with Crippen LogP contribution in [0, 0.1) is 19.8 Å². The van der Waals surface area contributed by atoms with Crippen LogP contribution in [0.3, 0.4) is 0 Å². The van der Waals surface area contributed by atoms with Gasteiger partial charge < -0.3 is 5.32 Å². The van der Waals surface area contributed by atoms with Crippen LogP contribution in [0.15, 0.2) is 18.2 Å². The molecule has 1 aromatic carbocycles. The third-order valence-electron chi connectivity index (χ3n) is 3.54. The van der Waals surface area contributed by atoms with Crippen LogP contribution in [0.2, 0.25) is 0 Å². The van der Waals surface area contributed by atoms with Crippen LogP contribution in [-0.4, -0.2) is 18.9 Å². The van der Waals surface area contributed by atoms with E-state index in [1.165, 1.54) is 5.56 Å². The van der Waals surface area contributed by atoms with Crippen molar-refractivity contribution in [2.75, 3.05) is 13.1 Å². The van der Waals surface area contributed by atoms with Gasteiger partial charge in [-0.15, -0.1) is 0 Å². The van der Waals surface area contributed by atoms with Crippen molar-refractivity contribution >= 4 is 5.78 Å². The number of carbonyl (C=O) groups is 1. The van der Waals surface area contributed by atoms with Crippen LogP contribution in [0.4, 0.5) is 0 Å². The Kier molecular flexibility index (Phi) is 3.39. The number of carbonyl (C=O) groups excluding carboxylic acids is 1. The lowest BCUT2D eigenvalue weighted by atomic mass is 9.88. The van der Waals surface area contributed by atoms with Gasteiger partial charge in [-0.25, -0.2) is 0 Å². The SMILES string of the molecule is Cc1cccc(C(=O)C2CCCNC2)c1C. The van der Waals surface area contributed by atoms with Crippen molar-refractivity contribution in [3.8, 4) is 0 Å². The molecule has 0 radical (unpaired) electrons. The van der Waals surface area contributed by atoms with Gasteiger partial charge in [0, 0.05) is 18.0 Å². The second-order valence-corrected chi connectivity index (χ2v) is 4.65. The van der Waals surface area contributed by atoms with Gasteiger partial charge in [-0.05, 0) is 44.4 Å². The molecule has 0 saturated carbocycles. The molecule has 1 saturated heterocycles. The summed E-state index contributed by atoms with van der Waals surface area (Å²) in [6.07, 6.45) is 2.14. The molecule has 2 rings (SSSR count). The molecule has 0 amide bonds. The summed E-state index contributed by atoms with van der Waals surface area (Å²) in [6, 6.07) is 6.00. The van der Waals surface area contributed by atoms with Gasteiger partial charge in [-0.1, -0.05) is 18.2 Å². The second kappa shape index (κ2) is 4.79. The van der Waals surface area contributed by atoms with Crippen molar-refractivity contribution in [2.45, 2.75) is 26.7 Å². The van der Waals surface area contributed by atoms with Crippen LogP contribution < -0.4 is 5.32 Å². The molecule has 86 valence electrons. The maximum absolute atomic E-state index is 12.3. The minimum absolute atomic E-state index is 0.175. The van der Waals surface area contributed by atoms with Crippen molar-refractivity contribution < 1.29 is 4.79 Å². The van der Waals surface area contributed by atoms with Crippen molar-refractivity contribution in [2.24, 2.45) is 5.92 Å². The number of rotatable bonds is 2. The number of benzene rings is 1. The molecule has 0 aromatic heterocycles. The molecule has 0 aliphatic carbocycles. The predicted molar refractivity (Wildman–Crippen MR) is 65.8 cm³/mol. The first-order valence-corrected chi connectivity index (χ1v) is 6.01. The molecule has 0 bridgehead atoms. The Balaban J connectivity index is 2.22. The van der Waals surface area contributed by atoms with Crippen LogP contribution in [0.5, 0.6) is 0 Å². The molecule has 1 aliphatic heterocycles. The van der Waals surface area contributed by atoms with Gasteiger partial charge in [0.15, 0.2) is 5.78 Å². The monoisotopic (exact) mass is 217 g/mol. The first-order chi connectivity index (χ1) is 7.70. The fourth-order valence-electron chi connectivity index (χ4n) is 2.31. The van der Waals surface area contributed by atoms with Gasteiger partial charge in [0.1, 0.15) is 0 Å². The summed E-state index contributed by atoms with van der Waals surface area (Å²) in [5, 5.41) is 3.30. The zero-order valence-corrected chi connectivity index (χ0v) is 10.0. The lowest BCUT2D eigenvalue weighted by molar-refractivity contribution is 0.0899. The average Bonchev–Trinajstić information content (AvgIpc) is 2.33. The Morgan fingerprint density at radius 1 is 1.38 bits per heavy atom. The summed E-state index contributed by atoms with van der Waals surface area (Å²) in [7, 11) is 0. The van der Waals surface area contributed by atoms with Gasteiger partial charge in [0.2, 0.25) is 0 Å². The van der Waals surface area contributed by atoms with E-state index in [0.717, 1.165) is 37.1 Å². The summed E-state index contributed by atoms with van der Waals surface area (Å²) in [6.45, 7) is 5.99. The Bertz CT molecular complexity index is 392. The summed E-state index contributed by atoms with van der Waals surface area (Å²) in [5.74, 6) is 0.489. The Labute approximate surface area is 97.1 Å². The number of aryl methyl sites for hydroxylation is 1. The standard InChI is InChI=1S/C14H19NO/c1-10-5-3-7-13(11(10)2)14(16)12-6-4-8-15-9-12/h3,5,7,12,15H,4,6,8-9H2,1-2H3. The Morgan fingerprint density at radius 3 is 2.88 bits per heavy atom. The van der Waals surface area contributed by atoms with E-state index in [9.17, 15) is 4.79 Å².